The molecule has 0 aromatic heterocycles. The van der Waals surface area contributed by atoms with Crippen LogP contribution in [0, 0.1) is 0 Å². The van der Waals surface area contributed by atoms with Crippen LogP contribution in [0.3, 0.4) is 0 Å². The molecule has 0 radical (unpaired) electrons. The summed E-state index contributed by atoms with van der Waals surface area (Å²) in [4.78, 5) is 4.50. The molecule has 0 amide bonds. The lowest BCUT2D eigenvalue weighted by Gasteiger charge is -2.25. The summed E-state index contributed by atoms with van der Waals surface area (Å²) < 4.78 is 0. The van der Waals surface area contributed by atoms with Gasteiger partial charge in [0, 0.05) is 35.5 Å². The second kappa shape index (κ2) is 12.8. The van der Waals surface area contributed by atoms with Crippen molar-refractivity contribution in [1.29, 1.82) is 0 Å². The molecule has 0 aliphatic rings. The predicted molar refractivity (Wildman–Crippen MR) is 174 cm³/mol. The fraction of sp³-hybridized carbons (Fsp3) is 0.105. The Kier molecular flexibility index (Phi) is 8.58. The fourth-order valence-corrected chi connectivity index (χ4v) is 4.99. The molecule has 0 unspecified atom stereocenters. The molecule has 0 atom stereocenters. The van der Waals surface area contributed by atoms with E-state index in [1.54, 1.807) is 0 Å². The first-order valence-corrected chi connectivity index (χ1v) is 13.9. The molecule has 0 saturated carbocycles. The molecule has 0 heterocycles. The number of nitrogens with zero attached hydrogens (tertiary/aromatic N) is 2. The molecule has 5 aromatic carbocycles. The van der Waals surface area contributed by atoms with E-state index in [1.165, 1.54) is 33.6 Å². The second-order valence-corrected chi connectivity index (χ2v) is 9.95. The van der Waals surface area contributed by atoms with Gasteiger partial charge in [-0.25, -0.2) is 0 Å². The van der Waals surface area contributed by atoms with Gasteiger partial charge in [0.15, 0.2) is 0 Å². The molecule has 0 fully saturated rings. The van der Waals surface area contributed by atoms with E-state index in [0.29, 0.717) is 0 Å². The van der Waals surface area contributed by atoms with E-state index in [2.05, 4.69) is 176 Å². The third-order valence-electron chi connectivity index (χ3n) is 7.13. The number of hydrogen-bond donors (Lipinski definition) is 0. The molecule has 198 valence electrons. The van der Waals surface area contributed by atoms with Gasteiger partial charge in [0.05, 0.1) is 0 Å². The van der Waals surface area contributed by atoms with Gasteiger partial charge in [-0.05, 0) is 90.7 Å². The first-order chi connectivity index (χ1) is 19.6. The number of hydrogen-bond acceptors (Lipinski definition) is 2. The van der Waals surface area contributed by atoms with Crippen LogP contribution >= 0.6 is 0 Å². The third kappa shape index (κ3) is 6.42. The van der Waals surface area contributed by atoms with Crippen molar-refractivity contribution < 1.29 is 0 Å². The van der Waals surface area contributed by atoms with Gasteiger partial charge in [-0.1, -0.05) is 104 Å². The smallest absolute Gasteiger partial charge is 0.0462 e. The monoisotopic (exact) mass is 520 g/mol. The first-order valence-electron chi connectivity index (χ1n) is 13.9. The molecule has 5 rings (SSSR count). The van der Waals surface area contributed by atoms with Gasteiger partial charge in [-0.3, -0.25) is 0 Å². The number of para-hydroxylation sites is 3. The van der Waals surface area contributed by atoms with Gasteiger partial charge in [-0.15, -0.1) is 0 Å². The summed E-state index contributed by atoms with van der Waals surface area (Å²) in [6, 6.07) is 49.1. The zero-order valence-corrected chi connectivity index (χ0v) is 23.5. The molecule has 2 nitrogen and oxygen atoms in total. The van der Waals surface area contributed by atoms with Crippen molar-refractivity contribution in [2.24, 2.45) is 0 Å². The van der Waals surface area contributed by atoms with Crippen LogP contribution in [0.25, 0.3) is 11.6 Å². The summed E-state index contributed by atoms with van der Waals surface area (Å²) in [5.41, 5.74) is 10.8. The SMILES string of the molecule is CC/C(=C\C(C)=C\c1ccc(N(c2ccccc2)c2ccccc2)cc1)c1ccc(N(C)c2ccccc2)cc1. The molecule has 0 aliphatic heterocycles. The van der Waals surface area contributed by atoms with Crippen molar-refractivity contribution in [3.63, 3.8) is 0 Å². The van der Waals surface area contributed by atoms with Crippen LogP contribution < -0.4 is 9.80 Å². The number of benzene rings is 5. The van der Waals surface area contributed by atoms with Crippen LogP contribution in [0.1, 0.15) is 31.4 Å². The Balaban J connectivity index is 1.35. The minimum absolute atomic E-state index is 0.973. The molecular formula is C38H36N2. The van der Waals surface area contributed by atoms with E-state index in [4.69, 9.17) is 0 Å². The minimum Gasteiger partial charge on any atom is -0.345 e. The zero-order chi connectivity index (χ0) is 27.7. The molecule has 5 aromatic rings. The summed E-state index contributed by atoms with van der Waals surface area (Å²) in [6.07, 6.45) is 5.54. The number of rotatable bonds is 9. The van der Waals surface area contributed by atoms with Crippen LogP contribution in [-0.4, -0.2) is 7.05 Å². The normalized spacial score (nSPS) is 11.8. The minimum atomic E-state index is 0.973. The van der Waals surface area contributed by atoms with E-state index in [9.17, 15) is 0 Å². The van der Waals surface area contributed by atoms with Gasteiger partial charge in [-0.2, -0.15) is 0 Å². The molecule has 0 bridgehead atoms. The number of anilines is 5. The summed E-state index contributed by atoms with van der Waals surface area (Å²) in [5.74, 6) is 0. The molecule has 2 heteroatoms. The first kappa shape index (κ1) is 26.8. The Morgan fingerprint density at radius 2 is 0.975 bits per heavy atom. The molecule has 0 N–H and O–H groups in total. The molecule has 0 spiro atoms. The van der Waals surface area contributed by atoms with Crippen molar-refractivity contribution in [1.82, 2.24) is 0 Å². The molecule has 40 heavy (non-hydrogen) atoms. The Labute approximate surface area is 239 Å². The highest BCUT2D eigenvalue weighted by Crippen LogP contribution is 2.34. The standard InChI is InChI=1S/C38H36N2/c1-4-32(33-22-26-35(27-23-33)39(3)34-14-8-5-9-15-34)29-30(2)28-31-20-24-38(25-21-31)40(36-16-10-6-11-17-36)37-18-12-7-13-19-37/h5-29H,4H2,1-3H3/b30-28+,32-29+. The van der Waals surface area contributed by atoms with Crippen molar-refractivity contribution in [3.8, 4) is 0 Å². The van der Waals surface area contributed by atoms with Crippen LogP contribution in [0.2, 0.25) is 0 Å². The van der Waals surface area contributed by atoms with Gasteiger partial charge in [0.2, 0.25) is 0 Å². The predicted octanol–water partition coefficient (Wildman–Crippen LogP) is 10.8. The number of allylic oxidation sites excluding steroid dienone is 3. The van der Waals surface area contributed by atoms with E-state index >= 15 is 0 Å². The maximum absolute atomic E-state index is 2.31. The summed E-state index contributed by atoms with van der Waals surface area (Å²) in [5, 5.41) is 0. The van der Waals surface area contributed by atoms with Crippen molar-refractivity contribution in [3.05, 3.63) is 162 Å². The highest BCUT2D eigenvalue weighted by molar-refractivity contribution is 5.77. The Bertz CT molecular complexity index is 1510. The van der Waals surface area contributed by atoms with E-state index < -0.39 is 0 Å². The van der Waals surface area contributed by atoms with Gasteiger partial charge in [0.25, 0.3) is 0 Å². The lowest BCUT2D eigenvalue weighted by Crippen LogP contribution is -2.09. The van der Waals surface area contributed by atoms with Crippen molar-refractivity contribution >= 4 is 40.1 Å². The lowest BCUT2D eigenvalue weighted by atomic mass is 9.99. The lowest BCUT2D eigenvalue weighted by molar-refractivity contribution is 1.20. The van der Waals surface area contributed by atoms with E-state index in [0.717, 1.165) is 23.5 Å². The highest BCUT2D eigenvalue weighted by Gasteiger charge is 2.11. The van der Waals surface area contributed by atoms with Crippen LogP contribution in [-0.2, 0) is 0 Å². The summed E-state index contributed by atoms with van der Waals surface area (Å²) in [7, 11) is 2.11. The van der Waals surface area contributed by atoms with Gasteiger partial charge in [0.1, 0.15) is 0 Å². The molecule has 0 saturated heterocycles. The second-order valence-electron chi connectivity index (χ2n) is 9.95. The molecule has 0 aliphatic carbocycles. The summed E-state index contributed by atoms with van der Waals surface area (Å²) in [6.45, 7) is 4.40. The van der Waals surface area contributed by atoms with Crippen molar-refractivity contribution in [2.45, 2.75) is 20.3 Å². The fourth-order valence-electron chi connectivity index (χ4n) is 4.99. The third-order valence-corrected chi connectivity index (χ3v) is 7.13. The Morgan fingerprint density at radius 3 is 1.48 bits per heavy atom. The van der Waals surface area contributed by atoms with E-state index in [1.807, 2.05) is 6.07 Å². The highest BCUT2D eigenvalue weighted by atomic mass is 15.1. The average Bonchev–Trinajstić information content (AvgIpc) is 3.02. The topological polar surface area (TPSA) is 6.48 Å². The van der Waals surface area contributed by atoms with E-state index in [-0.39, 0.29) is 0 Å². The Hall–Kier alpha value is -4.82. The van der Waals surface area contributed by atoms with Crippen LogP contribution in [0.15, 0.2) is 151 Å². The van der Waals surface area contributed by atoms with Gasteiger partial charge < -0.3 is 9.80 Å². The maximum atomic E-state index is 2.31. The summed E-state index contributed by atoms with van der Waals surface area (Å²) >= 11 is 0. The average molecular weight is 521 g/mol. The maximum Gasteiger partial charge on any atom is 0.0462 e. The van der Waals surface area contributed by atoms with Crippen molar-refractivity contribution in [2.75, 3.05) is 16.8 Å². The van der Waals surface area contributed by atoms with Gasteiger partial charge >= 0.3 is 0 Å². The zero-order valence-electron chi connectivity index (χ0n) is 23.5. The largest absolute Gasteiger partial charge is 0.345 e. The Morgan fingerprint density at radius 1 is 0.550 bits per heavy atom. The molecular weight excluding hydrogens is 484 g/mol. The van der Waals surface area contributed by atoms with Crippen LogP contribution in [0.5, 0.6) is 0 Å². The quantitative estimate of drug-likeness (QED) is 0.178. The van der Waals surface area contributed by atoms with Crippen LogP contribution in [0.4, 0.5) is 28.4 Å².